The molecule has 1 heterocycles. The van der Waals surface area contributed by atoms with Gasteiger partial charge in [0.15, 0.2) is 6.61 Å². The molecule has 8 nitrogen and oxygen atoms in total. The number of carbonyl (C=O) groups is 1. The molecule has 8 heteroatoms. The summed E-state index contributed by atoms with van der Waals surface area (Å²) in [4.78, 5) is 16.3. The normalized spacial score (nSPS) is 18.8. The van der Waals surface area contributed by atoms with Gasteiger partial charge in [-0.2, -0.15) is 0 Å². The molecule has 1 aliphatic rings. The van der Waals surface area contributed by atoms with Gasteiger partial charge in [-0.15, -0.1) is 0 Å². The molecule has 168 valence electrons. The van der Waals surface area contributed by atoms with Gasteiger partial charge in [0.25, 0.3) is 5.91 Å². The highest BCUT2D eigenvalue weighted by Crippen LogP contribution is 2.20. The number of rotatable bonds is 1. The Morgan fingerprint density at radius 2 is 1.69 bits per heavy atom. The summed E-state index contributed by atoms with van der Waals surface area (Å²) in [7, 11) is 0. The first-order valence-electron chi connectivity index (χ1n) is 10.5. The van der Waals surface area contributed by atoms with Crippen molar-refractivity contribution in [3.05, 3.63) is 73.2 Å². The average Bonchev–Trinajstić information content (AvgIpc) is 2.77. The van der Waals surface area contributed by atoms with Crippen molar-refractivity contribution >= 4 is 23.1 Å². The van der Waals surface area contributed by atoms with Crippen molar-refractivity contribution in [2.75, 3.05) is 30.4 Å². The van der Waals surface area contributed by atoms with Gasteiger partial charge in [-0.1, -0.05) is 18.7 Å². The number of hydrogen-bond acceptors (Lipinski definition) is 6. The average molecular weight is 436 g/mol. The van der Waals surface area contributed by atoms with Gasteiger partial charge in [-0.25, -0.2) is 4.99 Å². The van der Waals surface area contributed by atoms with E-state index in [0.29, 0.717) is 30.6 Å². The van der Waals surface area contributed by atoms with Gasteiger partial charge in [-0.3, -0.25) is 4.79 Å². The van der Waals surface area contributed by atoms with Crippen molar-refractivity contribution in [1.29, 1.82) is 0 Å². The van der Waals surface area contributed by atoms with Crippen LogP contribution < -0.4 is 31.2 Å². The molecule has 0 unspecified atom stereocenters. The molecular formula is C24H29N5O3. The predicted octanol–water partition coefficient (Wildman–Crippen LogP) is 3.61. The van der Waals surface area contributed by atoms with Gasteiger partial charge in [0, 0.05) is 42.3 Å². The molecule has 3 rings (SSSR count). The van der Waals surface area contributed by atoms with Gasteiger partial charge in [0.05, 0.1) is 6.61 Å². The highest BCUT2D eigenvalue weighted by Gasteiger charge is 2.05. The Morgan fingerprint density at radius 3 is 2.44 bits per heavy atom. The van der Waals surface area contributed by atoms with E-state index >= 15 is 0 Å². The van der Waals surface area contributed by atoms with Crippen LogP contribution in [0, 0.1) is 0 Å². The molecule has 4 bridgehead atoms. The van der Waals surface area contributed by atoms with E-state index in [2.05, 4.69) is 27.5 Å². The summed E-state index contributed by atoms with van der Waals surface area (Å²) < 4.78 is 11.4. The Balaban J connectivity index is 1.80. The molecule has 0 aromatic heterocycles. The second-order valence-corrected chi connectivity index (χ2v) is 7.15. The number of nitrogens with one attached hydrogen (secondary N) is 3. The lowest BCUT2D eigenvalue weighted by atomic mass is 10.2. The lowest BCUT2D eigenvalue weighted by Gasteiger charge is -2.12. The zero-order valence-electron chi connectivity index (χ0n) is 18.0. The van der Waals surface area contributed by atoms with E-state index in [1.165, 1.54) is 6.20 Å². The largest absolute Gasteiger partial charge is 0.494 e. The number of amidine groups is 1. The molecule has 2 aromatic rings. The first-order chi connectivity index (χ1) is 15.6. The number of fused-ring (bicyclic) bond motifs is 4. The number of ether oxygens (including phenoxy) is 2. The summed E-state index contributed by atoms with van der Waals surface area (Å²) in [6.07, 6.45) is 5.83. The quantitative estimate of drug-likeness (QED) is 0.545. The second kappa shape index (κ2) is 12.0. The third kappa shape index (κ3) is 7.71. The van der Waals surface area contributed by atoms with Crippen LogP contribution >= 0.6 is 0 Å². The minimum absolute atomic E-state index is 0.0481. The molecule has 0 saturated heterocycles. The molecule has 0 fully saturated rings. The van der Waals surface area contributed by atoms with E-state index in [1.807, 2.05) is 36.4 Å². The smallest absolute Gasteiger partial charge is 0.257 e. The molecule has 0 aliphatic carbocycles. The number of anilines is 2. The molecule has 1 aliphatic heterocycles. The van der Waals surface area contributed by atoms with Crippen molar-refractivity contribution in [3.63, 3.8) is 0 Å². The van der Waals surface area contributed by atoms with Crippen LogP contribution in [0.3, 0.4) is 0 Å². The Hall–Kier alpha value is -3.94. The van der Waals surface area contributed by atoms with Gasteiger partial charge in [0.1, 0.15) is 23.2 Å². The maximum Gasteiger partial charge on any atom is 0.257 e. The number of benzene rings is 2. The molecule has 0 saturated carbocycles. The van der Waals surface area contributed by atoms with Gasteiger partial charge >= 0.3 is 0 Å². The van der Waals surface area contributed by atoms with Crippen molar-refractivity contribution in [1.82, 2.24) is 5.32 Å². The standard InChI is InChI=1S/C24H29N5O3/c1-2-26-23-16-22(25)28-18-8-6-11-21(14-18)32-17-24(30)27-12-4-3-5-13-31-20-10-7-9-19(15-20)29-23/h2,6-11,14-16,28H,1,3-5,12-13,17,25H2,(H,26,29)(H,27,30)/b22-16+. The minimum Gasteiger partial charge on any atom is -0.494 e. The molecule has 32 heavy (non-hydrogen) atoms. The predicted molar refractivity (Wildman–Crippen MR) is 128 cm³/mol. The topological polar surface area (TPSA) is 110 Å². The number of nitrogens with two attached hydrogens (primary N) is 1. The van der Waals surface area contributed by atoms with Crippen molar-refractivity contribution in [3.8, 4) is 11.5 Å². The van der Waals surface area contributed by atoms with Gasteiger partial charge in [-0.05, 0) is 43.5 Å². The van der Waals surface area contributed by atoms with Crippen molar-refractivity contribution < 1.29 is 14.3 Å². The fourth-order valence-electron chi connectivity index (χ4n) is 3.05. The second-order valence-electron chi connectivity index (χ2n) is 7.15. The van der Waals surface area contributed by atoms with Gasteiger partial charge < -0.3 is 31.2 Å². The van der Waals surface area contributed by atoms with Crippen LogP contribution in [0.25, 0.3) is 0 Å². The first-order valence-corrected chi connectivity index (χ1v) is 10.5. The minimum atomic E-state index is -0.155. The van der Waals surface area contributed by atoms with E-state index in [-0.39, 0.29) is 12.5 Å². The Bertz CT molecular complexity index is 987. The lowest BCUT2D eigenvalue weighted by Crippen LogP contribution is -2.29. The van der Waals surface area contributed by atoms with E-state index in [0.717, 1.165) is 36.4 Å². The maximum atomic E-state index is 12.0. The third-order valence-electron chi connectivity index (χ3n) is 4.53. The summed E-state index contributed by atoms with van der Waals surface area (Å²) in [5.41, 5.74) is 7.70. The summed E-state index contributed by atoms with van der Waals surface area (Å²) >= 11 is 0. The van der Waals surface area contributed by atoms with Crippen molar-refractivity contribution in [2.45, 2.75) is 19.3 Å². The number of aliphatic imine (C=N–C) groups is 1. The Morgan fingerprint density at radius 1 is 0.969 bits per heavy atom. The van der Waals surface area contributed by atoms with Crippen LogP contribution in [0.2, 0.25) is 0 Å². The first kappa shape index (κ1) is 22.7. The number of hydrogen-bond donors (Lipinski definition) is 4. The number of carbonyl (C=O) groups excluding carboxylic acids is 1. The van der Waals surface area contributed by atoms with E-state index < -0.39 is 0 Å². The lowest BCUT2D eigenvalue weighted by molar-refractivity contribution is -0.123. The summed E-state index contributed by atoms with van der Waals surface area (Å²) in [6, 6.07) is 14.9. The molecule has 0 radical (unpaired) electrons. The highest BCUT2D eigenvalue weighted by atomic mass is 16.5. The van der Waals surface area contributed by atoms with E-state index in [4.69, 9.17) is 15.2 Å². The van der Waals surface area contributed by atoms with Crippen LogP contribution in [0.4, 0.5) is 11.4 Å². The highest BCUT2D eigenvalue weighted by molar-refractivity contribution is 6.04. The van der Waals surface area contributed by atoms with Crippen LogP contribution in [0.5, 0.6) is 11.5 Å². The van der Waals surface area contributed by atoms with E-state index in [1.54, 1.807) is 18.2 Å². The van der Waals surface area contributed by atoms with E-state index in [9.17, 15) is 4.79 Å². The molecule has 5 N–H and O–H groups in total. The SMILES string of the molecule is C=C/N=C1\C=C(/N)Nc2cccc(c2)OCC(=O)NCCCCCOc2cccc(c2)N1. The zero-order chi connectivity index (χ0) is 22.6. The Labute approximate surface area is 188 Å². The Kier molecular flexibility index (Phi) is 8.56. The number of nitrogens with zero attached hydrogens (tertiary/aromatic N) is 1. The molecule has 1 amide bonds. The molecular weight excluding hydrogens is 406 g/mol. The van der Waals surface area contributed by atoms with Crippen molar-refractivity contribution in [2.24, 2.45) is 10.7 Å². The fraction of sp³-hybridized carbons (Fsp3) is 0.250. The fourth-order valence-corrected chi connectivity index (χ4v) is 3.05. The maximum absolute atomic E-state index is 12.0. The summed E-state index contributed by atoms with van der Waals surface area (Å²) in [5.74, 6) is 2.05. The van der Waals surface area contributed by atoms with Crippen LogP contribution in [0.15, 0.2) is 78.2 Å². The van der Waals surface area contributed by atoms with Crippen LogP contribution in [0.1, 0.15) is 19.3 Å². The molecule has 0 atom stereocenters. The number of amides is 1. The zero-order valence-corrected chi connectivity index (χ0v) is 18.0. The van der Waals surface area contributed by atoms with Crippen LogP contribution in [-0.2, 0) is 4.79 Å². The van der Waals surface area contributed by atoms with Gasteiger partial charge in [0.2, 0.25) is 0 Å². The molecule has 0 spiro atoms. The summed E-state index contributed by atoms with van der Waals surface area (Å²) in [5, 5.41) is 9.19. The third-order valence-corrected chi connectivity index (χ3v) is 4.53. The molecule has 2 aromatic carbocycles. The monoisotopic (exact) mass is 435 g/mol. The summed E-state index contributed by atoms with van der Waals surface area (Å²) in [6.45, 7) is 4.83. The van der Waals surface area contributed by atoms with Crippen LogP contribution in [-0.4, -0.2) is 31.5 Å².